The van der Waals surface area contributed by atoms with Gasteiger partial charge in [-0.2, -0.15) is 0 Å². The molecule has 0 radical (unpaired) electrons. The van der Waals surface area contributed by atoms with E-state index in [1.54, 1.807) is 23.7 Å². The number of carboxylic acid groups (broad SMARTS) is 1. The first kappa shape index (κ1) is 14.0. The largest absolute Gasteiger partial charge is 0.481 e. The standard InChI is InChI=1S/C13H12N4O2S2/c1-8(12-15-5-6-20-12)17-11-9(3-2-4-14-11)16-13(17)21-7-10(18)19/h2-6,8H,7H2,1H3,(H,18,19). The van der Waals surface area contributed by atoms with Gasteiger partial charge in [0.2, 0.25) is 0 Å². The minimum Gasteiger partial charge on any atom is -0.481 e. The summed E-state index contributed by atoms with van der Waals surface area (Å²) in [5.41, 5.74) is 1.50. The van der Waals surface area contributed by atoms with Crippen molar-refractivity contribution in [2.75, 3.05) is 5.75 Å². The number of aliphatic carboxylic acids is 1. The molecule has 3 rings (SSSR count). The minimum absolute atomic E-state index is 0.0338. The van der Waals surface area contributed by atoms with Gasteiger partial charge in [-0.15, -0.1) is 11.3 Å². The van der Waals surface area contributed by atoms with Crippen molar-refractivity contribution in [2.45, 2.75) is 18.1 Å². The fourth-order valence-corrected chi connectivity index (χ4v) is 3.52. The fourth-order valence-electron chi connectivity index (χ4n) is 2.04. The zero-order valence-electron chi connectivity index (χ0n) is 11.1. The Morgan fingerprint density at radius 3 is 3.05 bits per heavy atom. The molecular weight excluding hydrogens is 308 g/mol. The highest BCUT2D eigenvalue weighted by molar-refractivity contribution is 7.99. The molecule has 108 valence electrons. The van der Waals surface area contributed by atoms with Crippen LogP contribution in [-0.2, 0) is 4.79 Å². The number of pyridine rings is 1. The maximum atomic E-state index is 10.8. The van der Waals surface area contributed by atoms with Crippen LogP contribution in [0, 0.1) is 0 Å². The van der Waals surface area contributed by atoms with E-state index in [9.17, 15) is 4.79 Å². The molecule has 0 saturated heterocycles. The molecular formula is C13H12N4O2S2. The summed E-state index contributed by atoms with van der Waals surface area (Å²) < 4.78 is 1.95. The van der Waals surface area contributed by atoms with Crippen LogP contribution in [0.5, 0.6) is 0 Å². The summed E-state index contributed by atoms with van der Waals surface area (Å²) in [6.07, 6.45) is 3.47. The molecule has 1 unspecified atom stereocenters. The number of carboxylic acids is 1. The Balaban J connectivity index is 2.08. The van der Waals surface area contributed by atoms with Crippen molar-refractivity contribution in [2.24, 2.45) is 0 Å². The molecule has 3 aromatic rings. The number of rotatable bonds is 5. The molecule has 0 amide bonds. The van der Waals surface area contributed by atoms with Crippen molar-refractivity contribution >= 4 is 40.2 Å². The zero-order valence-corrected chi connectivity index (χ0v) is 12.8. The fraction of sp³-hybridized carbons (Fsp3) is 0.231. The Morgan fingerprint density at radius 2 is 2.33 bits per heavy atom. The molecule has 0 aliphatic heterocycles. The summed E-state index contributed by atoms with van der Waals surface area (Å²) in [6.45, 7) is 2.01. The first-order chi connectivity index (χ1) is 10.2. The normalized spacial score (nSPS) is 12.6. The van der Waals surface area contributed by atoms with Gasteiger partial charge in [0.1, 0.15) is 10.5 Å². The van der Waals surface area contributed by atoms with Crippen LogP contribution in [0.25, 0.3) is 11.2 Å². The summed E-state index contributed by atoms with van der Waals surface area (Å²) in [6, 6.07) is 3.65. The lowest BCUT2D eigenvalue weighted by Crippen LogP contribution is -2.09. The van der Waals surface area contributed by atoms with Crippen molar-refractivity contribution in [3.05, 3.63) is 34.9 Å². The number of aromatic nitrogens is 4. The van der Waals surface area contributed by atoms with Crippen LogP contribution in [0.4, 0.5) is 0 Å². The SMILES string of the molecule is CC(c1nccs1)n1c(SCC(=O)O)nc2cccnc21. The number of fused-ring (bicyclic) bond motifs is 1. The third kappa shape index (κ3) is 2.77. The smallest absolute Gasteiger partial charge is 0.313 e. The van der Waals surface area contributed by atoms with Gasteiger partial charge in [-0.05, 0) is 19.1 Å². The second-order valence-electron chi connectivity index (χ2n) is 4.34. The lowest BCUT2D eigenvalue weighted by atomic mass is 10.3. The maximum absolute atomic E-state index is 10.8. The lowest BCUT2D eigenvalue weighted by molar-refractivity contribution is -0.133. The van der Waals surface area contributed by atoms with E-state index in [0.29, 0.717) is 5.16 Å². The Labute approximate surface area is 128 Å². The topological polar surface area (TPSA) is 80.9 Å². The molecule has 3 aromatic heterocycles. The molecule has 1 N–H and O–H groups in total. The number of thiazole rings is 1. The molecule has 0 aromatic carbocycles. The van der Waals surface area contributed by atoms with E-state index in [2.05, 4.69) is 15.0 Å². The van der Waals surface area contributed by atoms with E-state index in [1.165, 1.54) is 11.8 Å². The molecule has 6 nitrogen and oxygen atoms in total. The van der Waals surface area contributed by atoms with Gasteiger partial charge >= 0.3 is 5.97 Å². The lowest BCUT2D eigenvalue weighted by Gasteiger charge is -2.14. The van der Waals surface area contributed by atoms with Gasteiger partial charge in [0.15, 0.2) is 10.8 Å². The van der Waals surface area contributed by atoms with Crippen molar-refractivity contribution < 1.29 is 9.90 Å². The number of hydrogen-bond acceptors (Lipinski definition) is 6. The number of carbonyl (C=O) groups is 1. The number of imidazole rings is 1. The van der Waals surface area contributed by atoms with E-state index in [0.717, 1.165) is 16.2 Å². The maximum Gasteiger partial charge on any atom is 0.313 e. The molecule has 8 heteroatoms. The Kier molecular flexibility index (Phi) is 3.89. The summed E-state index contributed by atoms with van der Waals surface area (Å²) in [5.74, 6) is -0.901. The van der Waals surface area contributed by atoms with Crippen LogP contribution >= 0.6 is 23.1 Å². The molecule has 21 heavy (non-hydrogen) atoms. The van der Waals surface area contributed by atoms with E-state index < -0.39 is 5.97 Å². The predicted octanol–water partition coefficient (Wildman–Crippen LogP) is 2.67. The van der Waals surface area contributed by atoms with Crippen LogP contribution in [0.2, 0.25) is 0 Å². The van der Waals surface area contributed by atoms with Crippen LogP contribution in [0.15, 0.2) is 35.1 Å². The molecule has 3 heterocycles. The number of thioether (sulfide) groups is 1. The monoisotopic (exact) mass is 320 g/mol. The Hall–Kier alpha value is -1.93. The zero-order chi connectivity index (χ0) is 14.8. The molecule has 0 bridgehead atoms. The average molecular weight is 320 g/mol. The van der Waals surface area contributed by atoms with E-state index in [4.69, 9.17) is 5.11 Å². The van der Waals surface area contributed by atoms with Gasteiger partial charge in [0, 0.05) is 17.8 Å². The van der Waals surface area contributed by atoms with E-state index in [-0.39, 0.29) is 11.8 Å². The molecule has 0 saturated carbocycles. The molecule has 0 aliphatic carbocycles. The van der Waals surface area contributed by atoms with Crippen LogP contribution in [-0.4, -0.2) is 36.3 Å². The Morgan fingerprint density at radius 1 is 1.48 bits per heavy atom. The number of nitrogens with zero attached hydrogens (tertiary/aromatic N) is 4. The first-order valence-electron chi connectivity index (χ1n) is 6.23. The van der Waals surface area contributed by atoms with Gasteiger partial charge in [0.05, 0.1) is 11.8 Å². The van der Waals surface area contributed by atoms with Gasteiger partial charge in [0.25, 0.3) is 0 Å². The van der Waals surface area contributed by atoms with Gasteiger partial charge in [-0.25, -0.2) is 15.0 Å². The minimum atomic E-state index is -0.867. The Bertz CT molecular complexity index is 770. The summed E-state index contributed by atoms with van der Waals surface area (Å²) in [5, 5.41) is 12.4. The molecule has 0 aliphatic rings. The third-order valence-electron chi connectivity index (χ3n) is 2.94. The van der Waals surface area contributed by atoms with E-state index >= 15 is 0 Å². The van der Waals surface area contributed by atoms with Crippen molar-refractivity contribution in [3.8, 4) is 0 Å². The highest BCUT2D eigenvalue weighted by Gasteiger charge is 2.20. The van der Waals surface area contributed by atoms with E-state index in [1.807, 2.05) is 29.0 Å². The quantitative estimate of drug-likeness (QED) is 0.728. The third-order valence-corrected chi connectivity index (χ3v) is 4.82. The summed E-state index contributed by atoms with van der Waals surface area (Å²) in [7, 11) is 0. The van der Waals surface area contributed by atoms with Crippen molar-refractivity contribution in [1.29, 1.82) is 0 Å². The number of hydrogen-bond donors (Lipinski definition) is 1. The average Bonchev–Trinajstić information content (AvgIpc) is 3.11. The molecule has 0 spiro atoms. The molecule has 0 fully saturated rings. The summed E-state index contributed by atoms with van der Waals surface area (Å²) in [4.78, 5) is 24.0. The molecule has 1 atom stereocenters. The summed E-state index contributed by atoms with van der Waals surface area (Å²) >= 11 is 2.75. The highest BCUT2D eigenvalue weighted by atomic mass is 32.2. The van der Waals surface area contributed by atoms with Gasteiger partial charge < -0.3 is 5.11 Å². The van der Waals surface area contributed by atoms with Gasteiger partial charge in [-0.3, -0.25) is 9.36 Å². The predicted molar refractivity (Wildman–Crippen MR) is 81.8 cm³/mol. The first-order valence-corrected chi connectivity index (χ1v) is 8.10. The van der Waals surface area contributed by atoms with Crippen molar-refractivity contribution in [1.82, 2.24) is 19.5 Å². The van der Waals surface area contributed by atoms with Crippen LogP contribution in [0.3, 0.4) is 0 Å². The second kappa shape index (κ2) is 5.82. The second-order valence-corrected chi connectivity index (χ2v) is 6.21. The van der Waals surface area contributed by atoms with Crippen LogP contribution < -0.4 is 0 Å². The highest BCUT2D eigenvalue weighted by Crippen LogP contribution is 2.30. The van der Waals surface area contributed by atoms with Crippen LogP contribution in [0.1, 0.15) is 18.0 Å². The van der Waals surface area contributed by atoms with Crippen molar-refractivity contribution in [3.63, 3.8) is 0 Å². The van der Waals surface area contributed by atoms with Gasteiger partial charge in [-0.1, -0.05) is 11.8 Å².